The lowest BCUT2D eigenvalue weighted by molar-refractivity contribution is 0.600. The molecule has 0 spiro atoms. The molecule has 0 unspecified atom stereocenters. The van der Waals surface area contributed by atoms with Crippen molar-refractivity contribution in [3.8, 4) is 11.1 Å². The number of aromatic nitrogens is 2. The molecular formula is C11H13N3O2S2. The molecule has 0 aliphatic heterocycles. The highest BCUT2D eigenvalue weighted by molar-refractivity contribution is 7.99. The van der Waals surface area contributed by atoms with Crippen LogP contribution in [0.25, 0.3) is 11.1 Å². The molecule has 1 aromatic carbocycles. The Kier molecular flexibility index (Phi) is 3.36. The second-order valence-corrected chi connectivity index (χ2v) is 6.67. The van der Waals surface area contributed by atoms with Crippen LogP contribution < -0.4 is 5.73 Å². The molecule has 0 atom stereocenters. The number of nitrogens with two attached hydrogens (primary N) is 1. The van der Waals surface area contributed by atoms with Crippen molar-refractivity contribution in [3.05, 3.63) is 24.4 Å². The fraction of sp³-hybridized carbons (Fsp3) is 0.182. The van der Waals surface area contributed by atoms with E-state index in [1.807, 2.05) is 12.3 Å². The Bertz CT molecular complexity index is 677. The van der Waals surface area contributed by atoms with Crippen molar-refractivity contribution < 1.29 is 8.42 Å². The molecule has 0 aliphatic carbocycles. The summed E-state index contributed by atoms with van der Waals surface area (Å²) >= 11 is 1.39. The van der Waals surface area contributed by atoms with Gasteiger partial charge in [0.1, 0.15) is 5.82 Å². The van der Waals surface area contributed by atoms with E-state index < -0.39 is 9.84 Å². The first-order chi connectivity index (χ1) is 8.43. The van der Waals surface area contributed by atoms with E-state index in [9.17, 15) is 8.42 Å². The lowest BCUT2D eigenvalue weighted by Crippen LogP contribution is -1.99. The molecule has 0 radical (unpaired) electrons. The molecule has 0 saturated heterocycles. The van der Waals surface area contributed by atoms with Crippen molar-refractivity contribution in [3.63, 3.8) is 0 Å². The lowest BCUT2D eigenvalue weighted by atomic mass is 10.1. The van der Waals surface area contributed by atoms with Crippen LogP contribution in [0.2, 0.25) is 0 Å². The maximum atomic E-state index is 11.6. The standard InChI is InChI=1S/C11H13N3O2S2/c1-17-9-5-7(8-6-13-14-11(8)12)3-4-10(9)18(2,15)16/h3-6H,1-2H3,(H3,12,13,14). The largest absolute Gasteiger partial charge is 0.384 e. The molecule has 1 heterocycles. The molecule has 0 fully saturated rings. The zero-order chi connectivity index (χ0) is 13.3. The predicted octanol–water partition coefficient (Wildman–Crippen LogP) is 1.78. The van der Waals surface area contributed by atoms with Gasteiger partial charge in [0.05, 0.1) is 11.1 Å². The van der Waals surface area contributed by atoms with Gasteiger partial charge in [0, 0.05) is 16.7 Å². The van der Waals surface area contributed by atoms with Gasteiger partial charge in [0.2, 0.25) is 0 Å². The van der Waals surface area contributed by atoms with Crippen molar-refractivity contribution in [1.29, 1.82) is 0 Å². The smallest absolute Gasteiger partial charge is 0.176 e. The van der Waals surface area contributed by atoms with E-state index in [1.54, 1.807) is 18.3 Å². The number of sulfone groups is 1. The normalized spacial score (nSPS) is 11.7. The number of thioether (sulfide) groups is 1. The first kappa shape index (κ1) is 13.0. The van der Waals surface area contributed by atoms with Crippen LogP contribution in [0.4, 0.5) is 5.82 Å². The van der Waals surface area contributed by atoms with Gasteiger partial charge in [0.15, 0.2) is 9.84 Å². The summed E-state index contributed by atoms with van der Waals surface area (Å²) in [5.41, 5.74) is 7.36. The second-order valence-electron chi connectivity index (χ2n) is 3.84. The number of aromatic amines is 1. The van der Waals surface area contributed by atoms with E-state index in [1.165, 1.54) is 18.0 Å². The Labute approximate surface area is 110 Å². The van der Waals surface area contributed by atoms with Crippen LogP contribution in [0.1, 0.15) is 0 Å². The molecule has 0 bridgehead atoms. The fourth-order valence-electron chi connectivity index (χ4n) is 1.67. The van der Waals surface area contributed by atoms with E-state index in [0.717, 1.165) is 11.1 Å². The van der Waals surface area contributed by atoms with Crippen LogP contribution in [0.5, 0.6) is 0 Å². The average Bonchev–Trinajstić information content (AvgIpc) is 2.73. The number of H-pyrrole nitrogens is 1. The molecular weight excluding hydrogens is 270 g/mol. The number of rotatable bonds is 3. The number of nitrogens with zero attached hydrogens (tertiary/aromatic N) is 1. The summed E-state index contributed by atoms with van der Waals surface area (Å²) in [5.74, 6) is 0.467. The van der Waals surface area contributed by atoms with Crippen LogP contribution in [0.15, 0.2) is 34.2 Å². The van der Waals surface area contributed by atoms with Gasteiger partial charge in [-0.15, -0.1) is 11.8 Å². The highest BCUT2D eigenvalue weighted by Crippen LogP contribution is 2.31. The van der Waals surface area contributed by atoms with Crippen molar-refractivity contribution >= 4 is 27.4 Å². The quantitative estimate of drug-likeness (QED) is 0.838. The molecule has 5 nitrogen and oxygen atoms in total. The first-order valence-corrected chi connectivity index (χ1v) is 8.22. The summed E-state index contributed by atoms with van der Waals surface area (Å²) in [6.07, 6.45) is 4.66. The highest BCUT2D eigenvalue weighted by Gasteiger charge is 2.14. The molecule has 0 saturated carbocycles. The molecule has 0 amide bonds. The maximum absolute atomic E-state index is 11.6. The van der Waals surface area contributed by atoms with Crippen LogP contribution in [-0.2, 0) is 9.84 Å². The Morgan fingerprint density at radius 1 is 1.39 bits per heavy atom. The summed E-state index contributed by atoms with van der Waals surface area (Å²) in [6, 6.07) is 5.14. The molecule has 7 heteroatoms. The molecule has 2 aromatic rings. The van der Waals surface area contributed by atoms with E-state index in [0.29, 0.717) is 15.6 Å². The summed E-state index contributed by atoms with van der Waals surface area (Å²) in [7, 11) is -3.22. The summed E-state index contributed by atoms with van der Waals surface area (Å²) < 4.78 is 23.2. The minimum atomic E-state index is -3.22. The van der Waals surface area contributed by atoms with Crippen molar-refractivity contribution in [1.82, 2.24) is 10.2 Å². The molecule has 3 N–H and O–H groups in total. The molecule has 96 valence electrons. The third-order valence-electron chi connectivity index (χ3n) is 2.54. The minimum absolute atomic E-state index is 0.334. The van der Waals surface area contributed by atoms with Crippen LogP contribution in [0.3, 0.4) is 0 Å². The van der Waals surface area contributed by atoms with Gasteiger partial charge in [-0.25, -0.2) is 8.42 Å². The molecule has 0 aliphatic rings. The molecule has 1 aromatic heterocycles. The predicted molar refractivity (Wildman–Crippen MR) is 73.3 cm³/mol. The van der Waals surface area contributed by atoms with E-state index in [2.05, 4.69) is 10.2 Å². The zero-order valence-corrected chi connectivity index (χ0v) is 11.6. The second kappa shape index (κ2) is 4.66. The number of nitrogens with one attached hydrogen (secondary N) is 1. The highest BCUT2D eigenvalue weighted by atomic mass is 32.2. The Hall–Kier alpha value is -1.47. The van der Waals surface area contributed by atoms with Crippen molar-refractivity contribution in [2.24, 2.45) is 0 Å². The van der Waals surface area contributed by atoms with E-state index in [-0.39, 0.29) is 0 Å². The third kappa shape index (κ3) is 2.37. The minimum Gasteiger partial charge on any atom is -0.384 e. The topological polar surface area (TPSA) is 88.8 Å². The summed E-state index contributed by atoms with van der Waals surface area (Å²) in [4.78, 5) is 1.04. The summed E-state index contributed by atoms with van der Waals surface area (Å²) in [5, 5.41) is 6.50. The molecule has 18 heavy (non-hydrogen) atoms. The monoisotopic (exact) mass is 283 g/mol. The number of nitrogen functional groups attached to an aromatic ring is 1. The van der Waals surface area contributed by atoms with Crippen LogP contribution in [-0.4, -0.2) is 31.1 Å². The summed E-state index contributed by atoms with van der Waals surface area (Å²) in [6.45, 7) is 0. The van der Waals surface area contributed by atoms with Gasteiger partial charge in [0.25, 0.3) is 0 Å². The Morgan fingerprint density at radius 3 is 2.61 bits per heavy atom. The van der Waals surface area contributed by atoms with E-state index in [4.69, 9.17) is 5.73 Å². The zero-order valence-electron chi connectivity index (χ0n) is 9.97. The van der Waals surface area contributed by atoms with Crippen LogP contribution >= 0.6 is 11.8 Å². The SMILES string of the molecule is CSc1cc(-c2cn[nH]c2N)ccc1S(C)(=O)=O. The van der Waals surface area contributed by atoms with Gasteiger partial charge in [-0.2, -0.15) is 5.10 Å². The number of anilines is 1. The van der Waals surface area contributed by atoms with Crippen molar-refractivity contribution in [2.75, 3.05) is 18.2 Å². The number of hydrogen-bond donors (Lipinski definition) is 2. The maximum Gasteiger partial charge on any atom is 0.176 e. The third-order valence-corrected chi connectivity index (χ3v) is 4.60. The van der Waals surface area contributed by atoms with Gasteiger partial charge in [-0.3, -0.25) is 5.10 Å². The van der Waals surface area contributed by atoms with Crippen molar-refractivity contribution in [2.45, 2.75) is 9.79 Å². The fourth-order valence-corrected chi connectivity index (χ4v) is 3.63. The lowest BCUT2D eigenvalue weighted by Gasteiger charge is -2.08. The Balaban J connectivity index is 2.59. The van der Waals surface area contributed by atoms with Gasteiger partial charge in [-0.05, 0) is 24.0 Å². The van der Waals surface area contributed by atoms with Gasteiger partial charge < -0.3 is 5.73 Å². The number of hydrogen-bond acceptors (Lipinski definition) is 5. The van der Waals surface area contributed by atoms with E-state index >= 15 is 0 Å². The van der Waals surface area contributed by atoms with Gasteiger partial charge in [-0.1, -0.05) is 6.07 Å². The number of benzene rings is 1. The van der Waals surface area contributed by atoms with Gasteiger partial charge >= 0.3 is 0 Å². The average molecular weight is 283 g/mol. The first-order valence-electron chi connectivity index (χ1n) is 5.11. The van der Waals surface area contributed by atoms with Crippen LogP contribution in [0, 0.1) is 0 Å². The molecule has 2 rings (SSSR count). The Morgan fingerprint density at radius 2 is 2.11 bits per heavy atom.